The van der Waals surface area contributed by atoms with Gasteiger partial charge in [-0.1, -0.05) is 15.9 Å². The van der Waals surface area contributed by atoms with Crippen molar-refractivity contribution in [3.05, 3.63) is 34.6 Å². The second kappa shape index (κ2) is 4.06. The molecule has 3 N–H and O–H groups in total. The summed E-state index contributed by atoms with van der Waals surface area (Å²) in [4.78, 5) is 15.6. The number of benzene rings is 1. The van der Waals surface area contributed by atoms with Gasteiger partial charge in [-0.05, 0) is 30.7 Å². The first kappa shape index (κ1) is 11.2. The fourth-order valence-corrected chi connectivity index (χ4v) is 2.46. The zero-order chi connectivity index (χ0) is 12.7. The van der Waals surface area contributed by atoms with Gasteiger partial charge in [0.2, 0.25) is 0 Å². The number of imidazole rings is 1. The number of anilines is 1. The van der Waals surface area contributed by atoms with Crippen molar-refractivity contribution >= 4 is 32.9 Å². The highest BCUT2D eigenvalue weighted by atomic mass is 79.9. The Balaban J connectivity index is 2.22. The maximum Gasteiger partial charge on any atom is 0.183 e. The van der Waals surface area contributed by atoms with E-state index in [-0.39, 0.29) is 0 Å². The molecule has 0 radical (unpaired) electrons. The predicted molar refractivity (Wildman–Crippen MR) is 74.0 cm³/mol. The summed E-state index contributed by atoms with van der Waals surface area (Å²) in [5.74, 6) is 1.15. The summed E-state index contributed by atoms with van der Waals surface area (Å²) < 4.78 is 1.01. The standard InChI is InChI=1S/C12H10BrN5/c1-6-2-7(4-8(13)3-6)11-17-9-10(14)15-5-16-12(9)18-11/h2-5H,1H3,(H3,14,15,16,17,18). The van der Waals surface area contributed by atoms with Crippen LogP contribution in [0.2, 0.25) is 0 Å². The minimum Gasteiger partial charge on any atom is -0.382 e. The van der Waals surface area contributed by atoms with Gasteiger partial charge in [0, 0.05) is 10.0 Å². The normalized spacial score (nSPS) is 11.0. The lowest BCUT2D eigenvalue weighted by atomic mass is 10.1. The molecule has 0 unspecified atom stereocenters. The first-order valence-corrected chi connectivity index (χ1v) is 6.16. The van der Waals surface area contributed by atoms with E-state index in [1.807, 2.05) is 25.1 Å². The van der Waals surface area contributed by atoms with Gasteiger partial charge in [0.25, 0.3) is 0 Å². The summed E-state index contributed by atoms with van der Waals surface area (Å²) in [5.41, 5.74) is 9.16. The third kappa shape index (κ3) is 1.84. The van der Waals surface area contributed by atoms with Gasteiger partial charge in [0.1, 0.15) is 17.7 Å². The summed E-state index contributed by atoms with van der Waals surface area (Å²) in [5, 5.41) is 0. The molecular weight excluding hydrogens is 294 g/mol. The molecule has 0 saturated carbocycles. The monoisotopic (exact) mass is 303 g/mol. The quantitative estimate of drug-likeness (QED) is 0.724. The fraction of sp³-hybridized carbons (Fsp3) is 0.0833. The molecule has 2 heterocycles. The summed E-state index contributed by atoms with van der Waals surface area (Å²) in [7, 11) is 0. The Kier molecular flexibility index (Phi) is 2.52. The summed E-state index contributed by atoms with van der Waals surface area (Å²) in [6.07, 6.45) is 1.41. The third-order valence-electron chi connectivity index (χ3n) is 2.63. The van der Waals surface area contributed by atoms with Crippen LogP contribution in [0.5, 0.6) is 0 Å². The van der Waals surface area contributed by atoms with Crippen molar-refractivity contribution in [1.82, 2.24) is 19.9 Å². The molecule has 5 nitrogen and oxygen atoms in total. The first-order valence-electron chi connectivity index (χ1n) is 5.37. The molecule has 0 aliphatic heterocycles. The lowest BCUT2D eigenvalue weighted by molar-refractivity contribution is 1.21. The smallest absolute Gasteiger partial charge is 0.183 e. The van der Waals surface area contributed by atoms with Crippen LogP contribution in [-0.4, -0.2) is 19.9 Å². The molecular formula is C12H10BrN5. The van der Waals surface area contributed by atoms with Crippen molar-refractivity contribution in [3.63, 3.8) is 0 Å². The molecule has 1 aromatic carbocycles. The van der Waals surface area contributed by atoms with Crippen LogP contribution in [-0.2, 0) is 0 Å². The predicted octanol–water partition coefficient (Wildman–Crippen LogP) is 2.67. The number of halogens is 1. The number of hydrogen-bond donors (Lipinski definition) is 2. The Morgan fingerprint density at radius 3 is 2.78 bits per heavy atom. The summed E-state index contributed by atoms with van der Waals surface area (Å²) in [6, 6.07) is 6.08. The SMILES string of the molecule is Cc1cc(Br)cc(-c2nc3ncnc(N)c3[nH]2)c1. The molecule has 0 fully saturated rings. The minimum atomic E-state index is 0.408. The van der Waals surface area contributed by atoms with Gasteiger partial charge < -0.3 is 10.7 Å². The number of rotatable bonds is 1. The molecule has 3 rings (SSSR count). The molecule has 0 bridgehead atoms. The molecule has 3 aromatic rings. The van der Waals surface area contributed by atoms with E-state index in [1.165, 1.54) is 6.33 Å². The lowest BCUT2D eigenvalue weighted by Gasteiger charge is -2.00. The highest BCUT2D eigenvalue weighted by molar-refractivity contribution is 9.10. The van der Waals surface area contributed by atoms with E-state index in [9.17, 15) is 0 Å². The number of nitrogens with two attached hydrogens (primary N) is 1. The van der Waals surface area contributed by atoms with Crippen molar-refractivity contribution in [1.29, 1.82) is 0 Å². The number of aromatic amines is 1. The average molecular weight is 304 g/mol. The van der Waals surface area contributed by atoms with E-state index in [0.717, 1.165) is 21.4 Å². The molecule has 0 spiro atoms. The van der Waals surface area contributed by atoms with Crippen LogP contribution in [0, 0.1) is 6.92 Å². The van der Waals surface area contributed by atoms with Crippen molar-refractivity contribution in [2.75, 3.05) is 5.73 Å². The van der Waals surface area contributed by atoms with Crippen LogP contribution in [0.1, 0.15) is 5.56 Å². The van der Waals surface area contributed by atoms with E-state index in [1.54, 1.807) is 0 Å². The van der Waals surface area contributed by atoms with E-state index in [2.05, 4.69) is 35.9 Å². The lowest BCUT2D eigenvalue weighted by Crippen LogP contribution is -1.91. The molecule has 2 aromatic heterocycles. The number of aryl methyl sites for hydroxylation is 1. The Hall–Kier alpha value is -1.95. The first-order chi connectivity index (χ1) is 8.63. The highest BCUT2D eigenvalue weighted by Crippen LogP contribution is 2.25. The van der Waals surface area contributed by atoms with Gasteiger partial charge in [-0.15, -0.1) is 0 Å². The molecule has 0 aliphatic rings. The largest absolute Gasteiger partial charge is 0.382 e. The average Bonchev–Trinajstić information content (AvgIpc) is 2.73. The Bertz CT molecular complexity index is 714. The Morgan fingerprint density at radius 1 is 1.22 bits per heavy atom. The molecule has 0 atom stereocenters. The van der Waals surface area contributed by atoms with E-state index in [0.29, 0.717) is 17.0 Å². The number of H-pyrrole nitrogens is 1. The summed E-state index contributed by atoms with van der Waals surface area (Å²) in [6.45, 7) is 2.03. The highest BCUT2D eigenvalue weighted by Gasteiger charge is 2.09. The van der Waals surface area contributed by atoms with E-state index >= 15 is 0 Å². The molecule has 0 amide bonds. The summed E-state index contributed by atoms with van der Waals surface area (Å²) >= 11 is 3.47. The molecule has 18 heavy (non-hydrogen) atoms. The van der Waals surface area contributed by atoms with Crippen molar-refractivity contribution < 1.29 is 0 Å². The van der Waals surface area contributed by atoms with Gasteiger partial charge >= 0.3 is 0 Å². The van der Waals surface area contributed by atoms with Crippen LogP contribution in [0.3, 0.4) is 0 Å². The molecule has 0 saturated heterocycles. The topological polar surface area (TPSA) is 80.5 Å². The van der Waals surface area contributed by atoms with Crippen LogP contribution in [0.4, 0.5) is 5.82 Å². The third-order valence-corrected chi connectivity index (χ3v) is 3.09. The molecule has 6 heteroatoms. The maximum atomic E-state index is 5.78. The number of fused-ring (bicyclic) bond motifs is 1. The second-order valence-corrected chi connectivity index (χ2v) is 4.98. The van der Waals surface area contributed by atoms with Gasteiger partial charge in [-0.3, -0.25) is 0 Å². The Morgan fingerprint density at radius 2 is 2.06 bits per heavy atom. The van der Waals surface area contributed by atoms with E-state index < -0.39 is 0 Å². The van der Waals surface area contributed by atoms with Gasteiger partial charge in [0.05, 0.1) is 0 Å². The molecule has 90 valence electrons. The number of nitrogens with zero attached hydrogens (tertiary/aromatic N) is 3. The van der Waals surface area contributed by atoms with E-state index in [4.69, 9.17) is 5.73 Å². The van der Waals surface area contributed by atoms with Crippen LogP contribution < -0.4 is 5.73 Å². The zero-order valence-electron chi connectivity index (χ0n) is 9.61. The number of nitrogens with one attached hydrogen (secondary N) is 1. The maximum absolute atomic E-state index is 5.78. The molecule has 0 aliphatic carbocycles. The van der Waals surface area contributed by atoms with Crippen LogP contribution in [0.25, 0.3) is 22.6 Å². The van der Waals surface area contributed by atoms with Gasteiger partial charge in [0.15, 0.2) is 11.5 Å². The number of hydrogen-bond acceptors (Lipinski definition) is 4. The van der Waals surface area contributed by atoms with Crippen LogP contribution in [0.15, 0.2) is 29.0 Å². The van der Waals surface area contributed by atoms with Gasteiger partial charge in [-0.2, -0.15) is 0 Å². The van der Waals surface area contributed by atoms with Crippen LogP contribution >= 0.6 is 15.9 Å². The number of nitrogen functional groups attached to an aromatic ring is 1. The minimum absolute atomic E-state index is 0.408. The number of aromatic nitrogens is 4. The fourth-order valence-electron chi connectivity index (χ4n) is 1.86. The zero-order valence-corrected chi connectivity index (χ0v) is 11.2. The van der Waals surface area contributed by atoms with Crippen molar-refractivity contribution in [2.45, 2.75) is 6.92 Å². The Labute approximate surface area is 112 Å². The van der Waals surface area contributed by atoms with Crippen molar-refractivity contribution in [3.8, 4) is 11.4 Å². The van der Waals surface area contributed by atoms with Gasteiger partial charge in [-0.25, -0.2) is 15.0 Å². The van der Waals surface area contributed by atoms with Crippen molar-refractivity contribution in [2.24, 2.45) is 0 Å². The second-order valence-electron chi connectivity index (χ2n) is 4.06.